The fraction of sp³-hybridized carbons (Fsp3) is 0.118. The Bertz CT molecular complexity index is 1010. The van der Waals surface area contributed by atoms with E-state index in [0.29, 0.717) is 16.8 Å². The van der Waals surface area contributed by atoms with Crippen molar-refractivity contribution in [1.82, 2.24) is 14.4 Å². The van der Waals surface area contributed by atoms with Crippen molar-refractivity contribution in [3.05, 3.63) is 65.9 Å². The molecule has 25 heavy (non-hydrogen) atoms. The van der Waals surface area contributed by atoms with Gasteiger partial charge in [-0.2, -0.15) is 8.42 Å². The summed E-state index contributed by atoms with van der Waals surface area (Å²) in [5.74, 6) is -0.447. The number of methoxy groups -OCH3 is 1. The summed E-state index contributed by atoms with van der Waals surface area (Å²) in [6, 6.07) is 12.9. The third-order valence-electron chi connectivity index (χ3n) is 3.64. The maximum atomic E-state index is 12.6. The number of benzene rings is 2. The highest BCUT2D eigenvalue weighted by Gasteiger charge is 2.19. The third kappa shape index (κ3) is 3.29. The summed E-state index contributed by atoms with van der Waals surface area (Å²) in [5.41, 5.74) is 2.37. The summed E-state index contributed by atoms with van der Waals surface area (Å²) in [6.07, 6.45) is 1.34. The van der Waals surface area contributed by atoms with Gasteiger partial charge in [-0.3, -0.25) is 0 Å². The Hall–Kier alpha value is -3.00. The van der Waals surface area contributed by atoms with Gasteiger partial charge in [0.25, 0.3) is 10.0 Å². The molecule has 3 rings (SSSR count). The predicted molar refractivity (Wildman–Crippen MR) is 90.6 cm³/mol. The largest absolute Gasteiger partial charge is 0.465 e. The second-order valence-electron chi connectivity index (χ2n) is 5.36. The molecule has 0 aliphatic heterocycles. The molecule has 7 nitrogen and oxygen atoms in total. The van der Waals surface area contributed by atoms with Gasteiger partial charge in [-0.05, 0) is 31.2 Å². The molecule has 0 bridgehead atoms. The Labute approximate surface area is 144 Å². The molecule has 0 fully saturated rings. The Morgan fingerprint density at radius 2 is 1.68 bits per heavy atom. The lowest BCUT2D eigenvalue weighted by Gasteiger charge is -2.03. The molecule has 3 aromatic rings. The van der Waals surface area contributed by atoms with E-state index in [1.165, 1.54) is 25.4 Å². The minimum absolute atomic E-state index is 0.135. The van der Waals surface area contributed by atoms with Crippen LogP contribution in [0.4, 0.5) is 0 Å². The first-order valence-electron chi connectivity index (χ1n) is 7.35. The van der Waals surface area contributed by atoms with Gasteiger partial charge in [-0.1, -0.05) is 35.0 Å². The topological polar surface area (TPSA) is 91.2 Å². The van der Waals surface area contributed by atoms with Crippen LogP contribution in [0.3, 0.4) is 0 Å². The molecule has 0 saturated heterocycles. The number of aryl methyl sites for hydroxylation is 1. The van der Waals surface area contributed by atoms with Gasteiger partial charge in [0.1, 0.15) is 5.69 Å². The number of carbonyl (C=O) groups is 1. The molecule has 1 aromatic heterocycles. The lowest BCUT2D eigenvalue weighted by Crippen LogP contribution is -2.13. The average Bonchev–Trinajstić information content (AvgIpc) is 3.12. The zero-order valence-electron chi connectivity index (χ0n) is 13.6. The fourth-order valence-corrected chi connectivity index (χ4v) is 3.28. The molecule has 8 heteroatoms. The summed E-state index contributed by atoms with van der Waals surface area (Å²) in [7, 11) is -2.50. The van der Waals surface area contributed by atoms with Crippen LogP contribution in [0.15, 0.2) is 59.6 Å². The molecule has 0 N–H and O–H groups in total. The van der Waals surface area contributed by atoms with Crippen LogP contribution in [0, 0.1) is 6.92 Å². The van der Waals surface area contributed by atoms with Gasteiger partial charge >= 0.3 is 5.97 Å². The van der Waals surface area contributed by atoms with Crippen molar-refractivity contribution in [2.45, 2.75) is 11.8 Å². The molecular weight excluding hydrogens is 342 g/mol. The molecule has 1 heterocycles. The maximum absolute atomic E-state index is 12.6. The van der Waals surface area contributed by atoms with Crippen LogP contribution in [0.1, 0.15) is 15.9 Å². The number of aromatic nitrogens is 3. The van der Waals surface area contributed by atoms with E-state index in [1.54, 1.807) is 36.4 Å². The molecule has 0 spiro atoms. The van der Waals surface area contributed by atoms with Crippen molar-refractivity contribution < 1.29 is 17.9 Å². The molecule has 0 amide bonds. The predicted octanol–water partition coefficient (Wildman–Crippen LogP) is 2.28. The van der Waals surface area contributed by atoms with Crippen LogP contribution >= 0.6 is 0 Å². The molecule has 0 radical (unpaired) electrons. The smallest absolute Gasteiger partial charge is 0.337 e. The van der Waals surface area contributed by atoms with E-state index in [0.717, 1.165) is 9.65 Å². The van der Waals surface area contributed by atoms with Crippen molar-refractivity contribution in [2.75, 3.05) is 7.11 Å². The van der Waals surface area contributed by atoms with E-state index in [4.69, 9.17) is 0 Å². The van der Waals surface area contributed by atoms with E-state index >= 15 is 0 Å². The maximum Gasteiger partial charge on any atom is 0.337 e. The highest BCUT2D eigenvalue weighted by molar-refractivity contribution is 7.89. The van der Waals surface area contributed by atoms with Crippen molar-refractivity contribution in [3.63, 3.8) is 0 Å². The lowest BCUT2D eigenvalue weighted by molar-refractivity contribution is 0.0600. The van der Waals surface area contributed by atoms with Gasteiger partial charge in [0.05, 0.1) is 23.8 Å². The monoisotopic (exact) mass is 357 g/mol. The normalized spacial score (nSPS) is 11.3. The van der Waals surface area contributed by atoms with Crippen molar-refractivity contribution in [1.29, 1.82) is 0 Å². The Morgan fingerprint density at radius 1 is 1.04 bits per heavy atom. The van der Waals surface area contributed by atoms with Gasteiger partial charge in [0, 0.05) is 5.56 Å². The second-order valence-corrected chi connectivity index (χ2v) is 7.16. The minimum atomic E-state index is -3.80. The summed E-state index contributed by atoms with van der Waals surface area (Å²) >= 11 is 0. The van der Waals surface area contributed by atoms with Crippen LogP contribution < -0.4 is 0 Å². The fourth-order valence-electron chi connectivity index (χ4n) is 2.21. The van der Waals surface area contributed by atoms with Gasteiger partial charge in [0.2, 0.25) is 0 Å². The molecule has 2 aromatic carbocycles. The molecule has 0 aliphatic carbocycles. The lowest BCUT2D eigenvalue weighted by atomic mass is 10.1. The van der Waals surface area contributed by atoms with Crippen LogP contribution in [0.25, 0.3) is 11.3 Å². The number of rotatable bonds is 4. The van der Waals surface area contributed by atoms with Crippen LogP contribution in [-0.2, 0) is 14.8 Å². The molecule has 0 saturated carbocycles. The quantitative estimate of drug-likeness (QED) is 0.665. The van der Waals surface area contributed by atoms with Gasteiger partial charge in [-0.15, -0.1) is 9.19 Å². The van der Waals surface area contributed by atoms with Gasteiger partial charge in [-0.25, -0.2) is 4.79 Å². The van der Waals surface area contributed by atoms with E-state index in [9.17, 15) is 13.2 Å². The van der Waals surface area contributed by atoms with E-state index in [1.807, 2.05) is 6.92 Å². The first-order chi connectivity index (χ1) is 11.9. The molecular formula is C17H15N3O4S. The average molecular weight is 357 g/mol. The van der Waals surface area contributed by atoms with Crippen LogP contribution in [0.2, 0.25) is 0 Å². The number of hydrogen-bond donors (Lipinski definition) is 0. The van der Waals surface area contributed by atoms with Crippen molar-refractivity contribution >= 4 is 16.0 Å². The first kappa shape index (κ1) is 16.8. The van der Waals surface area contributed by atoms with Gasteiger partial charge < -0.3 is 4.74 Å². The van der Waals surface area contributed by atoms with Crippen LogP contribution in [0.5, 0.6) is 0 Å². The summed E-state index contributed by atoms with van der Waals surface area (Å²) < 4.78 is 30.6. The minimum Gasteiger partial charge on any atom is -0.465 e. The third-order valence-corrected chi connectivity index (χ3v) is 5.18. The zero-order chi connectivity index (χ0) is 18.0. The standard InChI is InChI=1S/C17H15N3O4S/c1-12-3-9-15(10-4-12)25(22,23)20-11-16(18-19-20)13-5-7-14(8-6-13)17(21)24-2/h3-11H,1-2H3. The summed E-state index contributed by atoms with van der Waals surface area (Å²) in [4.78, 5) is 11.6. The van der Waals surface area contributed by atoms with E-state index < -0.39 is 16.0 Å². The highest BCUT2D eigenvalue weighted by atomic mass is 32.2. The van der Waals surface area contributed by atoms with Crippen molar-refractivity contribution in [2.24, 2.45) is 0 Å². The van der Waals surface area contributed by atoms with Crippen LogP contribution in [-0.4, -0.2) is 35.9 Å². The molecule has 0 aliphatic rings. The highest BCUT2D eigenvalue weighted by Crippen LogP contribution is 2.20. The van der Waals surface area contributed by atoms with Crippen molar-refractivity contribution in [3.8, 4) is 11.3 Å². The summed E-state index contributed by atoms with van der Waals surface area (Å²) in [5, 5.41) is 7.63. The number of hydrogen-bond acceptors (Lipinski definition) is 6. The molecule has 0 unspecified atom stereocenters. The summed E-state index contributed by atoms with van der Waals surface area (Å²) in [6.45, 7) is 1.88. The Morgan fingerprint density at radius 3 is 2.28 bits per heavy atom. The second kappa shape index (κ2) is 6.48. The van der Waals surface area contributed by atoms with E-state index in [-0.39, 0.29) is 4.90 Å². The molecule has 128 valence electrons. The SMILES string of the molecule is COC(=O)c1ccc(-c2cn(S(=O)(=O)c3ccc(C)cc3)nn2)cc1. The Kier molecular flexibility index (Phi) is 4.37. The number of ether oxygens (including phenoxy) is 1. The number of nitrogens with zero attached hydrogens (tertiary/aromatic N) is 3. The Balaban J connectivity index is 1.92. The first-order valence-corrected chi connectivity index (χ1v) is 8.79. The molecule has 0 atom stereocenters. The zero-order valence-corrected chi connectivity index (χ0v) is 14.4. The van der Waals surface area contributed by atoms with E-state index in [2.05, 4.69) is 15.0 Å². The van der Waals surface area contributed by atoms with Gasteiger partial charge in [0.15, 0.2) is 0 Å². The number of esters is 1. The number of carbonyl (C=O) groups excluding carboxylic acids is 1.